The molecule has 2 aromatic rings. The Morgan fingerprint density at radius 3 is 2.72 bits per heavy atom. The van der Waals surface area contributed by atoms with Crippen LogP contribution in [0.25, 0.3) is 0 Å². The van der Waals surface area contributed by atoms with Crippen molar-refractivity contribution in [2.45, 2.75) is 26.3 Å². The first-order valence-corrected chi connectivity index (χ1v) is 8.70. The number of halogens is 1. The smallest absolute Gasteiger partial charge is 0.335 e. The second-order valence-electron chi connectivity index (χ2n) is 6.53. The van der Waals surface area contributed by atoms with Crippen molar-refractivity contribution in [1.29, 1.82) is 0 Å². The third-order valence-electron chi connectivity index (χ3n) is 4.63. The van der Waals surface area contributed by atoms with Crippen molar-refractivity contribution in [2.24, 2.45) is 5.92 Å². The zero-order valence-electron chi connectivity index (χ0n) is 14.0. The van der Waals surface area contributed by atoms with Gasteiger partial charge in [-0.25, -0.2) is 4.79 Å². The van der Waals surface area contributed by atoms with Crippen LogP contribution >= 0.6 is 11.6 Å². The zero-order chi connectivity index (χ0) is 18.0. The van der Waals surface area contributed by atoms with Crippen molar-refractivity contribution in [3.05, 3.63) is 69.7 Å². The Balaban J connectivity index is 1.71. The van der Waals surface area contributed by atoms with Crippen LogP contribution in [0.5, 0.6) is 0 Å². The third kappa shape index (κ3) is 4.02. The van der Waals surface area contributed by atoms with Gasteiger partial charge in [0.1, 0.15) is 0 Å². The molecule has 2 aromatic carbocycles. The van der Waals surface area contributed by atoms with Crippen LogP contribution in [0.1, 0.15) is 34.0 Å². The summed E-state index contributed by atoms with van der Waals surface area (Å²) in [5.74, 6) is -1.00. The minimum Gasteiger partial charge on any atom is -0.478 e. The Morgan fingerprint density at radius 1 is 1.20 bits per heavy atom. The van der Waals surface area contributed by atoms with Gasteiger partial charge in [0, 0.05) is 24.0 Å². The van der Waals surface area contributed by atoms with Crippen LogP contribution in [0.4, 0.5) is 0 Å². The van der Waals surface area contributed by atoms with E-state index >= 15 is 0 Å². The van der Waals surface area contributed by atoms with Gasteiger partial charge in [0.05, 0.1) is 5.56 Å². The molecule has 130 valence electrons. The molecule has 1 heterocycles. The maximum Gasteiger partial charge on any atom is 0.335 e. The molecular weight excluding hydrogens is 338 g/mol. The fraction of sp³-hybridized carbons (Fsp3) is 0.300. The molecule has 5 heteroatoms. The maximum absolute atomic E-state index is 12.8. The van der Waals surface area contributed by atoms with Gasteiger partial charge in [-0.3, -0.25) is 4.79 Å². The highest BCUT2D eigenvalue weighted by Gasteiger charge is 2.25. The van der Waals surface area contributed by atoms with Gasteiger partial charge < -0.3 is 10.0 Å². The molecule has 0 bridgehead atoms. The molecule has 0 saturated heterocycles. The largest absolute Gasteiger partial charge is 0.478 e. The van der Waals surface area contributed by atoms with Crippen molar-refractivity contribution in [3.8, 4) is 0 Å². The van der Waals surface area contributed by atoms with Crippen molar-refractivity contribution in [2.75, 3.05) is 6.54 Å². The second-order valence-corrected chi connectivity index (χ2v) is 6.97. The van der Waals surface area contributed by atoms with E-state index in [1.165, 1.54) is 0 Å². The maximum atomic E-state index is 12.8. The summed E-state index contributed by atoms with van der Waals surface area (Å²) in [6, 6.07) is 12.7. The number of aromatic carboxylic acids is 1. The quantitative estimate of drug-likeness (QED) is 0.905. The minimum atomic E-state index is -0.944. The number of carboxylic acid groups (broad SMARTS) is 1. The van der Waals surface area contributed by atoms with Gasteiger partial charge in [-0.1, -0.05) is 36.7 Å². The van der Waals surface area contributed by atoms with Gasteiger partial charge in [-0.05, 0) is 53.8 Å². The number of hydrogen-bond donors (Lipinski definition) is 1. The van der Waals surface area contributed by atoms with Gasteiger partial charge in [-0.15, -0.1) is 0 Å². The predicted octanol–water partition coefficient (Wildman–Crippen LogP) is 3.80. The highest BCUT2D eigenvalue weighted by atomic mass is 35.5. The van der Waals surface area contributed by atoms with Gasteiger partial charge in [0.25, 0.3) is 0 Å². The molecule has 0 radical (unpaired) electrons. The van der Waals surface area contributed by atoms with E-state index in [1.807, 2.05) is 42.2 Å². The Morgan fingerprint density at radius 2 is 2.00 bits per heavy atom. The standard InChI is InChI=1S/C20H20ClNO3/c1-13(9-14-3-2-4-18(21)10-14)19(23)22-8-7-15-5-6-16(20(24)25)11-17(15)12-22/h2-6,10-11,13H,7-9,12H2,1H3,(H,24,25). The molecule has 1 amide bonds. The summed E-state index contributed by atoms with van der Waals surface area (Å²) in [6.45, 7) is 3.06. The summed E-state index contributed by atoms with van der Waals surface area (Å²) >= 11 is 6.01. The van der Waals surface area contributed by atoms with Crippen molar-refractivity contribution in [3.63, 3.8) is 0 Å². The zero-order valence-corrected chi connectivity index (χ0v) is 14.8. The third-order valence-corrected chi connectivity index (χ3v) is 4.86. The molecule has 0 fully saturated rings. The van der Waals surface area contributed by atoms with Crippen molar-refractivity contribution < 1.29 is 14.7 Å². The molecule has 1 N–H and O–H groups in total. The van der Waals surface area contributed by atoms with Crippen LogP contribution in [0.3, 0.4) is 0 Å². The topological polar surface area (TPSA) is 57.6 Å². The molecule has 0 spiro atoms. The van der Waals surface area contributed by atoms with Crippen LogP contribution < -0.4 is 0 Å². The van der Waals surface area contributed by atoms with Crippen molar-refractivity contribution >= 4 is 23.5 Å². The summed E-state index contributed by atoms with van der Waals surface area (Å²) in [6.07, 6.45) is 1.39. The highest BCUT2D eigenvalue weighted by Crippen LogP contribution is 2.23. The van der Waals surface area contributed by atoms with Crippen LogP contribution in [-0.4, -0.2) is 28.4 Å². The van der Waals surface area contributed by atoms with E-state index < -0.39 is 5.97 Å². The fourth-order valence-corrected chi connectivity index (χ4v) is 3.51. The molecule has 25 heavy (non-hydrogen) atoms. The molecule has 1 aliphatic rings. The number of fused-ring (bicyclic) bond motifs is 1. The lowest BCUT2D eigenvalue weighted by atomic mass is 9.95. The van der Waals surface area contributed by atoms with E-state index in [0.29, 0.717) is 24.5 Å². The lowest BCUT2D eigenvalue weighted by Gasteiger charge is -2.31. The summed E-state index contributed by atoms with van der Waals surface area (Å²) in [4.78, 5) is 25.8. The van der Waals surface area contributed by atoms with E-state index in [9.17, 15) is 9.59 Å². The van der Waals surface area contributed by atoms with Crippen LogP contribution in [0, 0.1) is 5.92 Å². The lowest BCUT2D eigenvalue weighted by molar-refractivity contribution is -0.135. The number of rotatable bonds is 4. The van der Waals surface area contributed by atoms with Crippen molar-refractivity contribution in [1.82, 2.24) is 4.90 Å². The molecule has 1 aliphatic heterocycles. The van der Waals surface area contributed by atoms with Crippen LogP contribution in [0.2, 0.25) is 5.02 Å². The van der Waals surface area contributed by atoms with E-state index in [2.05, 4.69) is 0 Å². The lowest BCUT2D eigenvalue weighted by Crippen LogP contribution is -2.39. The molecule has 0 saturated carbocycles. The van der Waals surface area contributed by atoms with E-state index in [-0.39, 0.29) is 17.4 Å². The number of hydrogen-bond acceptors (Lipinski definition) is 2. The Kier molecular flexibility index (Phi) is 5.09. The summed E-state index contributed by atoms with van der Waals surface area (Å²) < 4.78 is 0. The molecule has 1 unspecified atom stereocenters. The highest BCUT2D eigenvalue weighted by molar-refractivity contribution is 6.30. The molecule has 1 atom stereocenters. The second kappa shape index (κ2) is 7.28. The normalized spacial score (nSPS) is 14.7. The van der Waals surface area contributed by atoms with E-state index in [4.69, 9.17) is 16.7 Å². The molecule has 3 rings (SSSR count). The molecule has 4 nitrogen and oxygen atoms in total. The van der Waals surface area contributed by atoms with Crippen LogP contribution in [0.15, 0.2) is 42.5 Å². The summed E-state index contributed by atoms with van der Waals surface area (Å²) in [5, 5.41) is 9.82. The number of nitrogens with zero attached hydrogens (tertiary/aromatic N) is 1. The molecule has 0 aromatic heterocycles. The van der Waals surface area contributed by atoms with Gasteiger partial charge >= 0.3 is 5.97 Å². The van der Waals surface area contributed by atoms with Gasteiger partial charge in [0.15, 0.2) is 0 Å². The molecular formula is C20H20ClNO3. The summed E-state index contributed by atoms with van der Waals surface area (Å²) in [5.41, 5.74) is 3.35. The minimum absolute atomic E-state index is 0.0892. The monoisotopic (exact) mass is 357 g/mol. The number of carbonyl (C=O) groups excluding carboxylic acids is 1. The average Bonchev–Trinajstić information content (AvgIpc) is 2.60. The number of amides is 1. The van der Waals surface area contributed by atoms with Gasteiger partial charge in [0.2, 0.25) is 5.91 Å². The SMILES string of the molecule is CC(Cc1cccc(Cl)c1)C(=O)N1CCc2ccc(C(=O)O)cc2C1. The number of carbonyl (C=O) groups is 2. The Bertz CT molecular complexity index is 818. The fourth-order valence-electron chi connectivity index (χ4n) is 3.29. The van der Waals surface area contributed by atoms with E-state index in [1.54, 1.807) is 12.1 Å². The number of carboxylic acids is 1. The average molecular weight is 358 g/mol. The first kappa shape index (κ1) is 17.5. The number of benzene rings is 2. The predicted molar refractivity (Wildman–Crippen MR) is 96.8 cm³/mol. The summed E-state index contributed by atoms with van der Waals surface area (Å²) in [7, 11) is 0. The van der Waals surface area contributed by atoms with Crippen LogP contribution in [-0.2, 0) is 24.2 Å². The molecule has 0 aliphatic carbocycles. The first-order valence-electron chi connectivity index (χ1n) is 8.32. The Labute approximate surface area is 152 Å². The Hall–Kier alpha value is -2.33. The van der Waals surface area contributed by atoms with E-state index in [0.717, 1.165) is 23.1 Å². The first-order chi connectivity index (χ1) is 11.9. The van der Waals surface area contributed by atoms with Gasteiger partial charge in [-0.2, -0.15) is 0 Å².